The van der Waals surface area contributed by atoms with Crippen LogP contribution in [0.15, 0.2) is 0 Å². The van der Waals surface area contributed by atoms with Crippen LogP contribution >= 0.6 is 0 Å². The Labute approximate surface area is 105 Å². The summed E-state index contributed by atoms with van der Waals surface area (Å²) in [7, 11) is 0. The first-order valence-electron chi connectivity index (χ1n) is 5.85. The molecule has 0 spiro atoms. The summed E-state index contributed by atoms with van der Waals surface area (Å²) >= 11 is 0. The highest BCUT2D eigenvalue weighted by molar-refractivity contribution is 5.66. The zero-order valence-corrected chi connectivity index (χ0v) is 10.5. The summed E-state index contributed by atoms with van der Waals surface area (Å²) in [6, 6.07) is 0. The average Bonchev–Trinajstić information content (AvgIpc) is 2.33. The molecule has 1 aliphatic rings. The number of ether oxygens (including phenoxy) is 3. The molecular formula is C11H20O7. The fraction of sp³-hybridized carbons (Fsp3) is 0.909. The number of carbonyl (C=O) groups is 1. The zero-order chi connectivity index (χ0) is 13.7. The average molecular weight is 264 g/mol. The van der Waals surface area contributed by atoms with Gasteiger partial charge in [0.2, 0.25) is 0 Å². The van der Waals surface area contributed by atoms with Crippen molar-refractivity contribution in [3.63, 3.8) is 0 Å². The van der Waals surface area contributed by atoms with Crippen LogP contribution in [-0.2, 0) is 19.0 Å². The van der Waals surface area contributed by atoms with Crippen molar-refractivity contribution < 1.29 is 34.3 Å². The van der Waals surface area contributed by atoms with Gasteiger partial charge in [-0.25, -0.2) is 0 Å². The van der Waals surface area contributed by atoms with Crippen molar-refractivity contribution in [2.75, 3.05) is 19.8 Å². The van der Waals surface area contributed by atoms with E-state index in [1.807, 2.05) is 0 Å². The van der Waals surface area contributed by atoms with Gasteiger partial charge < -0.3 is 29.5 Å². The monoisotopic (exact) mass is 264 g/mol. The van der Waals surface area contributed by atoms with E-state index >= 15 is 0 Å². The number of aliphatic hydroxyl groups excluding tert-OH is 3. The number of hydrogen-bond acceptors (Lipinski definition) is 7. The van der Waals surface area contributed by atoms with E-state index in [-0.39, 0.29) is 13.2 Å². The van der Waals surface area contributed by atoms with Gasteiger partial charge in [0, 0.05) is 12.8 Å². The second-order valence-corrected chi connectivity index (χ2v) is 4.24. The Bertz CT molecular complexity index is 270. The molecule has 0 bridgehead atoms. The van der Waals surface area contributed by atoms with Gasteiger partial charge in [0.15, 0.2) is 6.29 Å². The minimum atomic E-state index is -1.11. The molecular weight excluding hydrogens is 244 g/mol. The van der Waals surface area contributed by atoms with Crippen LogP contribution < -0.4 is 0 Å². The molecule has 1 saturated heterocycles. The van der Waals surface area contributed by atoms with Crippen molar-refractivity contribution in [2.24, 2.45) is 5.92 Å². The van der Waals surface area contributed by atoms with Gasteiger partial charge in [0.25, 0.3) is 0 Å². The summed E-state index contributed by atoms with van der Waals surface area (Å²) in [4.78, 5) is 11.0. The molecule has 1 heterocycles. The fourth-order valence-electron chi connectivity index (χ4n) is 1.93. The predicted octanol–water partition coefficient (Wildman–Crippen LogP) is -1.36. The summed E-state index contributed by atoms with van der Waals surface area (Å²) in [6.45, 7) is 2.43. The molecule has 1 aliphatic heterocycles. The molecule has 3 N–H and O–H groups in total. The summed E-state index contributed by atoms with van der Waals surface area (Å²) in [6.07, 6.45) is -3.55. The quantitative estimate of drug-likeness (QED) is 0.527. The molecule has 106 valence electrons. The first-order valence-corrected chi connectivity index (χ1v) is 5.85. The molecule has 18 heavy (non-hydrogen) atoms. The van der Waals surface area contributed by atoms with E-state index in [0.717, 1.165) is 0 Å². The molecule has 0 radical (unpaired) electrons. The van der Waals surface area contributed by atoms with E-state index in [4.69, 9.17) is 24.4 Å². The molecule has 7 nitrogen and oxygen atoms in total. The van der Waals surface area contributed by atoms with Crippen molar-refractivity contribution in [2.45, 2.75) is 38.4 Å². The molecule has 1 fully saturated rings. The van der Waals surface area contributed by atoms with Gasteiger partial charge in [-0.2, -0.15) is 0 Å². The summed E-state index contributed by atoms with van der Waals surface area (Å²) in [5, 5.41) is 27.7. The highest BCUT2D eigenvalue weighted by atomic mass is 16.7. The Morgan fingerprint density at radius 3 is 2.56 bits per heavy atom. The Balaban J connectivity index is 2.74. The maximum absolute atomic E-state index is 11.0. The van der Waals surface area contributed by atoms with Gasteiger partial charge in [0.05, 0.1) is 19.8 Å². The first-order chi connectivity index (χ1) is 8.51. The van der Waals surface area contributed by atoms with Crippen molar-refractivity contribution in [1.82, 2.24) is 0 Å². The molecule has 0 aromatic rings. The minimum absolute atomic E-state index is 0.0655. The van der Waals surface area contributed by atoms with Gasteiger partial charge in [-0.15, -0.1) is 0 Å². The van der Waals surface area contributed by atoms with Crippen molar-refractivity contribution in [1.29, 1.82) is 0 Å². The minimum Gasteiger partial charge on any atom is -0.459 e. The highest BCUT2D eigenvalue weighted by Gasteiger charge is 2.45. The summed E-state index contributed by atoms with van der Waals surface area (Å²) < 4.78 is 15.6. The van der Waals surface area contributed by atoms with Crippen molar-refractivity contribution >= 4 is 5.97 Å². The largest absolute Gasteiger partial charge is 0.459 e. The third-order valence-corrected chi connectivity index (χ3v) is 2.83. The Morgan fingerprint density at radius 1 is 1.39 bits per heavy atom. The lowest BCUT2D eigenvalue weighted by Gasteiger charge is -2.42. The van der Waals surface area contributed by atoms with Gasteiger partial charge in [0.1, 0.15) is 18.3 Å². The zero-order valence-electron chi connectivity index (χ0n) is 10.5. The number of carbonyl (C=O) groups excluding carboxylic acids is 1. The van der Waals surface area contributed by atoms with Crippen LogP contribution in [0.4, 0.5) is 0 Å². The molecule has 0 aromatic carbocycles. The van der Waals surface area contributed by atoms with Gasteiger partial charge >= 0.3 is 5.97 Å². The van der Waals surface area contributed by atoms with Gasteiger partial charge in [-0.05, 0) is 0 Å². The van der Waals surface area contributed by atoms with Gasteiger partial charge in [-0.3, -0.25) is 4.79 Å². The highest BCUT2D eigenvalue weighted by Crippen LogP contribution is 2.28. The van der Waals surface area contributed by atoms with Crippen LogP contribution in [-0.4, -0.2) is 65.7 Å². The second kappa shape index (κ2) is 7.01. The van der Waals surface area contributed by atoms with Crippen LogP contribution in [0.2, 0.25) is 0 Å². The molecule has 0 saturated carbocycles. The topological polar surface area (TPSA) is 105 Å². The maximum Gasteiger partial charge on any atom is 0.303 e. The van der Waals surface area contributed by atoms with Crippen molar-refractivity contribution in [3.05, 3.63) is 0 Å². The Hall–Kier alpha value is -0.730. The molecule has 0 aliphatic carbocycles. The summed E-state index contributed by atoms with van der Waals surface area (Å²) in [5.41, 5.74) is 0. The van der Waals surface area contributed by atoms with E-state index in [1.165, 1.54) is 6.92 Å². The van der Waals surface area contributed by atoms with E-state index in [0.29, 0.717) is 0 Å². The first kappa shape index (κ1) is 15.3. The number of rotatable bonds is 5. The normalized spacial score (nSPS) is 36.4. The Kier molecular flexibility index (Phi) is 5.97. The SMILES string of the molecule is CC(=O)O[C@@H]1[C@@H](C)[C@H](OCCO)O[C@H](CO)[C@@H]1O. The number of aliphatic hydroxyl groups is 3. The molecule has 7 heteroatoms. The lowest BCUT2D eigenvalue weighted by Crippen LogP contribution is -2.56. The lowest BCUT2D eigenvalue weighted by atomic mass is 9.92. The van der Waals surface area contributed by atoms with E-state index in [9.17, 15) is 9.90 Å². The second-order valence-electron chi connectivity index (χ2n) is 4.24. The Morgan fingerprint density at radius 2 is 2.06 bits per heavy atom. The molecule has 0 unspecified atom stereocenters. The van der Waals surface area contributed by atoms with Crippen molar-refractivity contribution in [3.8, 4) is 0 Å². The molecule has 5 atom stereocenters. The van der Waals surface area contributed by atoms with Crippen LogP contribution in [0.25, 0.3) is 0 Å². The molecule has 0 amide bonds. The number of esters is 1. The lowest BCUT2D eigenvalue weighted by molar-refractivity contribution is -0.286. The van der Waals surface area contributed by atoms with E-state index in [2.05, 4.69) is 0 Å². The van der Waals surface area contributed by atoms with Crippen LogP contribution in [0.3, 0.4) is 0 Å². The van der Waals surface area contributed by atoms with Crippen LogP contribution in [0, 0.1) is 5.92 Å². The third kappa shape index (κ3) is 3.63. The van der Waals surface area contributed by atoms with E-state index in [1.54, 1.807) is 6.92 Å². The smallest absolute Gasteiger partial charge is 0.303 e. The van der Waals surface area contributed by atoms with Crippen LogP contribution in [0.1, 0.15) is 13.8 Å². The summed E-state index contributed by atoms with van der Waals surface area (Å²) in [5.74, 6) is -0.927. The third-order valence-electron chi connectivity index (χ3n) is 2.83. The molecule has 1 rings (SSSR count). The number of hydrogen-bond donors (Lipinski definition) is 3. The van der Waals surface area contributed by atoms with Gasteiger partial charge in [-0.1, -0.05) is 6.92 Å². The van der Waals surface area contributed by atoms with E-state index < -0.39 is 43.1 Å². The maximum atomic E-state index is 11.0. The fourth-order valence-corrected chi connectivity index (χ4v) is 1.93. The molecule has 0 aromatic heterocycles. The predicted molar refractivity (Wildman–Crippen MR) is 59.5 cm³/mol. The van der Waals surface area contributed by atoms with Crippen LogP contribution in [0.5, 0.6) is 0 Å². The standard InChI is InChI=1S/C11H20O7/c1-6-10(17-7(2)14)9(15)8(5-13)18-11(6)16-4-3-12/h6,8-13,15H,3-5H2,1-2H3/t6-,8-,9+,10-,11-/m1/s1.